The molecule has 1 fully saturated rings. The summed E-state index contributed by atoms with van der Waals surface area (Å²) in [5.41, 5.74) is 3.31. The van der Waals surface area contributed by atoms with Crippen LogP contribution in [0.25, 0.3) is 0 Å². The Hall–Kier alpha value is -2.95. The molecule has 1 heterocycles. The Bertz CT molecular complexity index is 954. The van der Waals surface area contributed by atoms with Gasteiger partial charge in [-0.3, -0.25) is 9.69 Å². The second-order valence-electron chi connectivity index (χ2n) is 8.69. The summed E-state index contributed by atoms with van der Waals surface area (Å²) in [6.07, 6.45) is 2.13. The van der Waals surface area contributed by atoms with Gasteiger partial charge < -0.3 is 10.4 Å². The lowest BCUT2D eigenvalue weighted by Crippen LogP contribution is -2.43. The minimum atomic E-state index is -0.430. The quantitative estimate of drug-likeness (QED) is 0.554. The average molecular weight is 429 g/mol. The summed E-state index contributed by atoms with van der Waals surface area (Å²) in [7, 11) is 0. The number of carbonyl (C=O) groups is 1. The number of rotatable bonds is 8. The lowest BCUT2D eigenvalue weighted by atomic mass is 9.87. The molecule has 2 N–H and O–H groups in total. The number of amides is 1. The van der Waals surface area contributed by atoms with Crippen LogP contribution in [-0.2, 0) is 11.2 Å². The molecule has 2 atom stereocenters. The van der Waals surface area contributed by atoms with Gasteiger partial charge in [0.25, 0.3) is 0 Å². The molecule has 3 aromatic carbocycles. The van der Waals surface area contributed by atoms with Crippen LogP contribution in [-0.4, -0.2) is 35.5 Å². The van der Waals surface area contributed by atoms with E-state index in [0.29, 0.717) is 6.54 Å². The van der Waals surface area contributed by atoms with E-state index in [-0.39, 0.29) is 17.9 Å². The minimum Gasteiger partial charge on any atom is -0.388 e. The third kappa shape index (κ3) is 6.06. The number of likely N-dealkylation sites (tertiary alicyclic amines) is 1. The second-order valence-corrected chi connectivity index (χ2v) is 8.69. The molecule has 0 aliphatic carbocycles. The Balaban J connectivity index is 1.32. The molecule has 0 spiro atoms. The smallest absolute Gasteiger partial charge is 0.234 e. The monoisotopic (exact) mass is 428 g/mol. The van der Waals surface area contributed by atoms with Crippen LogP contribution in [0.4, 0.5) is 0 Å². The van der Waals surface area contributed by atoms with Gasteiger partial charge in [-0.2, -0.15) is 0 Å². The van der Waals surface area contributed by atoms with Crippen molar-refractivity contribution in [1.29, 1.82) is 0 Å². The number of benzene rings is 3. The van der Waals surface area contributed by atoms with Crippen molar-refractivity contribution in [1.82, 2.24) is 10.2 Å². The van der Waals surface area contributed by atoms with Gasteiger partial charge in [-0.15, -0.1) is 0 Å². The molecule has 4 rings (SSSR count). The first-order valence-corrected chi connectivity index (χ1v) is 11.5. The number of hydrogen-bond acceptors (Lipinski definition) is 3. The van der Waals surface area contributed by atoms with E-state index in [1.54, 1.807) is 0 Å². The molecule has 1 amide bonds. The summed E-state index contributed by atoms with van der Waals surface area (Å²) in [4.78, 5) is 15.1. The van der Waals surface area contributed by atoms with E-state index < -0.39 is 6.10 Å². The van der Waals surface area contributed by atoms with E-state index >= 15 is 0 Å². The molecule has 0 bridgehead atoms. The van der Waals surface area contributed by atoms with Crippen LogP contribution in [0.2, 0.25) is 0 Å². The molecule has 32 heavy (non-hydrogen) atoms. The van der Waals surface area contributed by atoms with E-state index in [4.69, 9.17) is 0 Å². The number of aliphatic hydroxyl groups is 1. The third-order valence-electron chi connectivity index (χ3n) is 6.41. The molecule has 3 aromatic rings. The molecule has 0 unspecified atom stereocenters. The Labute approximate surface area is 190 Å². The number of hydrogen-bond donors (Lipinski definition) is 2. The Morgan fingerprint density at radius 1 is 0.844 bits per heavy atom. The van der Waals surface area contributed by atoms with Crippen molar-refractivity contribution < 1.29 is 9.90 Å². The van der Waals surface area contributed by atoms with E-state index in [9.17, 15) is 9.90 Å². The van der Waals surface area contributed by atoms with Gasteiger partial charge in [0.05, 0.1) is 18.7 Å². The number of piperidine rings is 1. The molecule has 1 aliphatic rings. The molecule has 0 saturated carbocycles. The number of nitrogens with one attached hydrogen (secondary N) is 1. The van der Waals surface area contributed by atoms with Crippen molar-refractivity contribution in [3.05, 3.63) is 108 Å². The first-order chi connectivity index (χ1) is 15.7. The Morgan fingerprint density at radius 3 is 1.97 bits per heavy atom. The van der Waals surface area contributed by atoms with Crippen LogP contribution in [0.5, 0.6) is 0 Å². The molecule has 166 valence electrons. The molecular formula is C28H32N2O2. The second kappa shape index (κ2) is 11.1. The third-order valence-corrected chi connectivity index (χ3v) is 6.41. The fourth-order valence-electron chi connectivity index (χ4n) is 4.58. The Morgan fingerprint density at radius 2 is 1.38 bits per heavy atom. The molecule has 1 aliphatic heterocycles. The van der Waals surface area contributed by atoms with Crippen LogP contribution in [0.3, 0.4) is 0 Å². The molecule has 4 nitrogen and oxygen atoms in total. The standard InChI is InChI=1S/C28H32N2O2/c31-27(21-30-18-16-25(17-19-30)28(32)24-14-8-3-9-15-24)29-26(23-12-6-2-7-13-23)20-22-10-4-1-5-11-22/h1-15,25-26,28,32H,16-21H2,(H,29,31)/t26-,28+/m0/s1. The highest BCUT2D eigenvalue weighted by molar-refractivity contribution is 5.78. The van der Waals surface area contributed by atoms with Crippen molar-refractivity contribution in [3.63, 3.8) is 0 Å². The number of aliphatic hydroxyl groups excluding tert-OH is 1. The van der Waals surface area contributed by atoms with Gasteiger partial charge in [-0.25, -0.2) is 0 Å². The zero-order valence-electron chi connectivity index (χ0n) is 18.4. The molecule has 1 saturated heterocycles. The maximum absolute atomic E-state index is 12.9. The zero-order valence-corrected chi connectivity index (χ0v) is 18.4. The lowest BCUT2D eigenvalue weighted by molar-refractivity contribution is -0.123. The van der Waals surface area contributed by atoms with Crippen molar-refractivity contribution in [3.8, 4) is 0 Å². The van der Waals surface area contributed by atoms with E-state index in [1.807, 2.05) is 66.7 Å². The van der Waals surface area contributed by atoms with Gasteiger partial charge >= 0.3 is 0 Å². The fourth-order valence-corrected chi connectivity index (χ4v) is 4.58. The van der Waals surface area contributed by atoms with Gasteiger partial charge in [-0.1, -0.05) is 91.0 Å². The summed E-state index contributed by atoms with van der Waals surface area (Å²) in [5.74, 6) is 0.295. The van der Waals surface area contributed by atoms with Crippen LogP contribution >= 0.6 is 0 Å². The summed E-state index contributed by atoms with van der Waals surface area (Å²) in [6.45, 7) is 2.06. The summed E-state index contributed by atoms with van der Waals surface area (Å²) < 4.78 is 0. The summed E-state index contributed by atoms with van der Waals surface area (Å²) >= 11 is 0. The van der Waals surface area contributed by atoms with E-state index in [2.05, 4.69) is 34.5 Å². The van der Waals surface area contributed by atoms with Crippen LogP contribution in [0, 0.1) is 5.92 Å². The normalized spacial score (nSPS) is 16.9. The highest BCUT2D eigenvalue weighted by Gasteiger charge is 2.27. The first kappa shape index (κ1) is 22.3. The lowest BCUT2D eigenvalue weighted by Gasteiger charge is -2.34. The van der Waals surface area contributed by atoms with Crippen LogP contribution in [0.1, 0.15) is 41.7 Å². The molecule has 0 aromatic heterocycles. The fraction of sp³-hybridized carbons (Fsp3) is 0.321. The van der Waals surface area contributed by atoms with E-state index in [0.717, 1.165) is 43.5 Å². The predicted molar refractivity (Wildman–Crippen MR) is 128 cm³/mol. The molecule has 4 heteroatoms. The topological polar surface area (TPSA) is 52.6 Å². The summed E-state index contributed by atoms with van der Waals surface area (Å²) in [5, 5.41) is 14.0. The van der Waals surface area contributed by atoms with Gasteiger partial charge in [0.2, 0.25) is 5.91 Å². The largest absolute Gasteiger partial charge is 0.388 e. The maximum Gasteiger partial charge on any atom is 0.234 e. The summed E-state index contributed by atoms with van der Waals surface area (Å²) in [6, 6.07) is 30.3. The van der Waals surface area contributed by atoms with Gasteiger partial charge in [0.1, 0.15) is 0 Å². The van der Waals surface area contributed by atoms with Crippen molar-refractivity contribution in [2.24, 2.45) is 5.92 Å². The van der Waals surface area contributed by atoms with Crippen LogP contribution in [0.15, 0.2) is 91.0 Å². The van der Waals surface area contributed by atoms with Crippen molar-refractivity contribution >= 4 is 5.91 Å². The average Bonchev–Trinajstić information content (AvgIpc) is 2.85. The van der Waals surface area contributed by atoms with E-state index in [1.165, 1.54) is 5.56 Å². The predicted octanol–water partition coefficient (Wildman–Crippen LogP) is 4.53. The molecular weight excluding hydrogens is 396 g/mol. The van der Waals surface area contributed by atoms with Gasteiger partial charge in [-0.05, 0) is 55.0 Å². The number of carbonyl (C=O) groups excluding carboxylic acids is 1. The minimum absolute atomic E-state index is 0.0523. The molecule has 0 radical (unpaired) electrons. The SMILES string of the molecule is O=C(CN1CCC([C@H](O)c2ccccc2)CC1)N[C@@H](Cc1ccccc1)c1ccccc1. The van der Waals surface area contributed by atoms with Gasteiger partial charge in [0, 0.05) is 0 Å². The van der Waals surface area contributed by atoms with Crippen LogP contribution < -0.4 is 5.32 Å². The number of nitrogens with zero attached hydrogens (tertiary/aromatic N) is 1. The zero-order chi connectivity index (χ0) is 22.2. The highest BCUT2D eigenvalue weighted by atomic mass is 16.3. The first-order valence-electron chi connectivity index (χ1n) is 11.5. The highest BCUT2D eigenvalue weighted by Crippen LogP contribution is 2.30. The van der Waals surface area contributed by atoms with Gasteiger partial charge in [0.15, 0.2) is 0 Å². The maximum atomic E-state index is 12.9. The van der Waals surface area contributed by atoms with Crippen molar-refractivity contribution in [2.75, 3.05) is 19.6 Å². The van der Waals surface area contributed by atoms with Crippen molar-refractivity contribution in [2.45, 2.75) is 31.4 Å². The Kier molecular flexibility index (Phi) is 7.70.